The van der Waals surface area contributed by atoms with E-state index in [4.69, 9.17) is 20.8 Å². The number of thiazole rings is 1. The Morgan fingerprint density at radius 3 is 2.92 bits per heavy atom. The Kier molecular flexibility index (Phi) is 3.75. The molecule has 0 unspecified atom stereocenters. The minimum Gasteiger partial charge on any atom is -0.485 e. The normalized spacial score (nSPS) is 11.2. The zero-order valence-corrected chi connectivity index (χ0v) is 14.3. The van der Waals surface area contributed by atoms with E-state index >= 15 is 0 Å². The van der Waals surface area contributed by atoms with Crippen molar-refractivity contribution >= 4 is 44.1 Å². The van der Waals surface area contributed by atoms with Crippen LogP contribution in [-0.2, 0) is 6.61 Å². The molecule has 120 valence electrons. The molecule has 2 aromatic heterocycles. The van der Waals surface area contributed by atoms with Crippen molar-refractivity contribution in [1.82, 2.24) is 4.98 Å². The summed E-state index contributed by atoms with van der Waals surface area (Å²) < 4.78 is 12.1. The molecular formula is C18H12ClNO3S. The van der Waals surface area contributed by atoms with Crippen LogP contribution in [0.1, 0.15) is 10.6 Å². The smallest absolute Gasteiger partial charge is 0.336 e. The highest BCUT2D eigenvalue weighted by Crippen LogP contribution is 2.32. The molecule has 4 rings (SSSR count). The summed E-state index contributed by atoms with van der Waals surface area (Å²) in [7, 11) is 0. The Balaban J connectivity index is 1.66. The second kappa shape index (κ2) is 5.92. The molecule has 2 heterocycles. The summed E-state index contributed by atoms with van der Waals surface area (Å²) in [5.41, 5.74) is 1.84. The largest absolute Gasteiger partial charge is 0.485 e. The minimum atomic E-state index is -0.389. The Hall–Kier alpha value is -2.37. The van der Waals surface area contributed by atoms with Gasteiger partial charge in [0, 0.05) is 17.5 Å². The Morgan fingerprint density at radius 2 is 2.08 bits per heavy atom. The Labute approximate surface area is 146 Å². The maximum Gasteiger partial charge on any atom is 0.336 e. The van der Waals surface area contributed by atoms with E-state index in [2.05, 4.69) is 4.98 Å². The van der Waals surface area contributed by atoms with Crippen LogP contribution >= 0.6 is 22.9 Å². The standard InChI is InChI=1S/C18H12ClNO3S/c1-10-6-18(21)23-14-8-15(12(19)7-11(10)14)22-9-17-20-13-4-2-3-5-16(13)24-17/h2-8H,9H2,1H3. The molecule has 24 heavy (non-hydrogen) atoms. The molecule has 0 aliphatic carbocycles. The molecule has 6 heteroatoms. The molecule has 0 radical (unpaired) electrons. The van der Waals surface area contributed by atoms with Crippen LogP contribution in [0.4, 0.5) is 0 Å². The number of hydrogen-bond donors (Lipinski definition) is 0. The second-order valence-electron chi connectivity index (χ2n) is 5.39. The van der Waals surface area contributed by atoms with Gasteiger partial charge in [0.15, 0.2) is 0 Å². The van der Waals surface area contributed by atoms with Crippen molar-refractivity contribution in [3.63, 3.8) is 0 Å². The van der Waals surface area contributed by atoms with Crippen molar-refractivity contribution in [2.24, 2.45) is 0 Å². The van der Waals surface area contributed by atoms with Gasteiger partial charge >= 0.3 is 5.63 Å². The number of nitrogens with zero attached hydrogens (tertiary/aromatic N) is 1. The van der Waals surface area contributed by atoms with Crippen LogP contribution in [0, 0.1) is 6.92 Å². The molecule has 0 bridgehead atoms. The third-order valence-electron chi connectivity index (χ3n) is 3.69. The minimum absolute atomic E-state index is 0.306. The lowest BCUT2D eigenvalue weighted by atomic mass is 10.1. The van der Waals surface area contributed by atoms with Gasteiger partial charge < -0.3 is 9.15 Å². The van der Waals surface area contributed by atoms with E-state index < -0.39 is 0 Å². The van der Waals surface area contributed by atoms with Gasteiger partial charge in [0.25, 0.3) is 0 Å². The Morgan fingerprint density at radius 1 is 1.25 bits per heavy atom. The zero-order valence-electron chi connectivity index (χ0n) is 12.7. The molecule has 0 aliphatic heterocycles. The quantitative estimate of drug-likeness (QED) is 0.487. The highest BCUT2D eigenvalue weighted by Gasteiger charge is 2.11. The van der Waals surface area contributed by atoms with Crippen molar-refractivity contribution in [2.45, 2.75) is 13.5 Å². The average molecular weight is 358 g/mol. The van der Waals surface area contributed by atoms with Crippen LogP contribution in [0.5, 0.6) is 5.75 Å². The summed E-state index contributed by atoms with van der Waals surface area (Å²) in [5.74, 6) is 0.470. The molecule has 0 spiro atoms. The van der Waals surface area contributed by atoms with E-state index in [1.54, 1.807) is 23.5 Å². The molecule has 0 saturated carbocycles. The molecular weight excluding hydrogens is 346 g/mol. The first-order chi connectivity index (χ1) is 11.6. The van der Waals surface area contributed by atoms with Crippen molar-refractivity contribution in [3.05, 3.63) is 68.5 Å². The first kappa shape index (κ1) is 15.2. The van der Waals surface area contributed by atoms with E-state index in [1.807, 2.05) is 31.2 Å². The predicted molar refractivity (Wildman–Crippen MR) is 96.2 cm³/mol. The lowest BCUT2D eigenvalue weighted by Gasteiger charge is -2.08. The van der Waals surface area contributed by atoms with Gasteiger partial charge in [-0.1, -0.05) is 23.7 Å². The van der Waals surface area contributed by atoms with E-state index in [0.29, 0.717) is 23.0 Å². The fourth-order valence-electron chi connectivity index (χ4n) is 2.55. The molecule has 0 saturated heterocycles. The predicted octanol–water partition coefficient (Wildman–Crippen LogP) is 4.94. The number of ether oxygens (including phenoxy) is 1. The zero-order chi connectivity index (χ0) is 16.7. The SMILES string of the molecule is Cc1cc(=O)oc2cc(OCc3nc4ccccc4s3)c(Cl)cc12. The first-order valence-corrected chi connectivity index (χ1v) is 8.51. The summed E-state index contributed by atoms with van der Waals surface area (Å²) in [5, 5.41) is 2.13. The van der Waals surface area contributed by atoms with Crippen LogP contribution in [0.2, 0.25) is 5.02 Å². The number of fused-ring (bicyclic) bond motifs is 2. The lowest BCUT2D eigenvalue weighted by Crippen LogP contribution is -1.99. The molecule has 2 aromatic carbocycles. The van der Waals surface area contributed by atoms with Crippen LogP contribution in [-0.4, -0.2) is 4.98 Å². The monoisotopic (exact) mass is 357 g/mol. The van der Waals surface area contributed by atoms with E-state index in [9.17, 15) is 4.79 Å². The van der Waals surface area contributed by atoms with Gasteiger partial charge in [0.1, 0.15) is 22.9 Å². The summed E-state index contributed by atoms with van der Waals surface area (Å²) >= 11 is 7.88. The van der Waals surface area contributed by atoms with Gasteiger partial charge in [0.05, 0.1) is 15.2 Å². The number of para-hydroxylation sites is 1. The topological polar surface area (TPSA) is 52.3 Å². The van der Waals surface area contributed by atoms with Crippen molar-refractivity contribution in [3.8, 4) is 5.75 Å². The van der Waals surface area contributed by atoms with Gasteiger partial charge in [0.2, 0.25) is 0 Å². The molecule has 0 N–H and O–H groups in total. The molecule has 0 aliphatic rings. The highest BCUT2D eigenvalue weighted by molar-refractivity contribution is 7.18. The molecule has 4 aromatic rings. The molecule has 0 amide bonds. The van der Waals surface area contributed by atoms with Gasteiger partial charge in [-0.3, -0.25) is 0 Å². The van der Waals surface area contributed by atoms with Crippen LogP contribution in [0.25, 0.3) is 21.2 Å². The molecule has 0 atom stereocenters. The molecule has 0 fully saturated rings. The number of aryl methyl sites for hydroxylation is 1. The van der Waals surface area contributed by atoms with E-state index in [1.165, 1.54) is 6.07 Å². The summed E-state index contributed by atoms with van der Waals surface area (Å²) in [6.07, 6.45) is 0. The van der Waals surface area contributed by atoms with Gasteiger partial charge in [-0.2, -0.15) is 0 Å². The van der Waals surface area contributed by atoms with Crippen LogP contribution in [0.15, 0.2) is 51.7 Å². The van der Waals surface area contributed by atoms with E-state index in [-0.39, 0.29) is 5.63 Å². The average Bonchev–Trinajstić information content (AvgIpc) is 2.96. The lowest BCUT2D eigenvalue weighted by molar-refractivity contribution is 0.306. The summed E-state index contributed by atoms with van der Waals surface area (Å²) in [6, 6.07) is 12.8. The summed E-state index contributed by atoms with van der Waals surface area (Å²) in [6.45, 7) is 2.15. The fourth-order valence-corrected chi connectivity index (χ4v) is 3.65. The number of halogens is 1. The van der Waals surface area contributed by atoms with E-state index in [0.717, 1.165) is 26.2 Å². The van der Waals surface area contributed by atoms with Crippen molar-refractivity contribution in [1.29, 1.82) is 0 Å². The third-order valence-corrected chi connectivity index (χ3v) is 5.00. The first-order valence-electron chi connectivity index (χ1n) is 7.31. The highest BCUT2D eigenvalue weighted by atomic mass is 35.5. The maximum atomic E-state index is 11.5. The number of rotatable bonds is 3. The molecule has 4 nitrogen and oxygen atoms in total. The van der Waals surface area contributed by atoms with Gasteiger partial charge in [-0.15, -0.1) is 11.3 Å². The summed E-state index contributed by atoms with van der Waals surface area (Å²) in [4.78, 5) is 16.1. The maximum absolute atomic E-state index is 11.5. The fraction of sp³-hybridized carbons (Fsp3) is 0.111. The number of hydrogen-bond acceptors (Lipinski definition) is 5. The third kappa shape index (κ3) is 2.77. The van der Waals surface area contributed by atoms with Gasteiger partial charge in [-0.25, -0.2) is 9.78 Å². The van der Waals surface area contributed by atoms with Crippen LogP contribution in [0.3, 0.4) is 0 Å². The van der Waals surface area contributed by atoms with Crippen LogP contribution < -0.4 is 10.4 Å². The van der Waals surface area contributed by atoms with Crippen molar-refractivity contribution in [2.75, 3.05) is 0 Å². The number of benzene rings is 2. The van der Waals surface area contributed by atoms with Gasteiger partial charge in [-0.05, 0) is 30.7 Å². The van der Waals surface area contributed by atoms with Crippen molar-refractivity contribution < 1.29 is 9.15 Å². The second-order valence-corrected chi connectivity index (χ2v) is 6.91. The Bertz CT molecular complexity index is 1080. The number of aromatic nitrogens is 1.